The van der Waals surface area contributed by atoms with Gasteiger partial charge < -0.3 is 10.7 Å². The predicted octanol–water partition coefficient (Wildman–Crippen LogP) is 6.84. The second kappa shape index (κ2) is 7.67. The maximum absolute atomic E-state index is 6.43. The molecule has 2 aromatic carbocycles. The van der Waals surface area contributed by atoms with E-state index in [1.165, 1.54) is 5.56 Å². The molecule has 126 valence electrons. The Hall–Kier alpha value is -0.710. The van der Waals surface area contributed by atoms with Crippen molar-refractivity contribution in [2.24, 2.45) is 5.73 Å². The van der Waals surface area contributed by atoms with E-state index in [0.717, 1.165) is 45.9 Å². The molecule has 0 saturated carbocycles. The van der Waals surface area contributed by atoms with Crippen molar-refractivity contribution in [1.82, 2.24) is 4.98 Å². The lowest BCUT2D eigenvalue weighted by Gasteiger charge is -2.08. The maximum Gasteiger partial charge on any atom is 0.0607 e. The summed E-state index contributed by atoms with van der Waals surface area (Å²) in [7, 11) is 0. The van der Waals surface area contributed by atoms with Crippen molar-refractivity contribution >= 4 is 61.6 Å². The van der Waals surface area contributed by atoms with E-state index in [-0.39, 0.29) is 0 Å². The number of hydrogen-bond acceptors (Lipinski definition) is 1. The van der Waals surface area contributed by atoms with Gasteiger partial charge >= 0.3 is 0 Å². The minimum atomic E-state index is 0.651. The van der Waals surface area contributed by atoms with Crippen LogP contribution in [-0.4, -0.2) is 11.5 Å². The highest BCUT2D eigenvalue weighted by atomic mass is 79.9. The molecule has 2 nitrogen and oxygen atoms in total. The first kappa shape index (κ1) is 18.1. The Kier molecular flexibility index (Phi) is 5.78. The molecule has 3 N–H and O–H groups in total. The van der Waals surface area contributed by atoms with E-state index in [2.05, 4.69) is 20.9 Å². The summed E-state index contributed by atoms with van der Waals surface area (Å²) in [5.74, 6) is 0. The van der Waals surface area contributed by atoms with Crippen molar-refractivity contribution in [1.29, 1.82) is 0 Å². The molecular formula is C18H16BrCl3N2. The number of rotatable bonds is 5. The lowest BCUT2D eigenvalue weighted by atomic mass is 10.0. The number of aromatic nitrogens is 1. The molecule has 0 saturated heterocycles. The zero-order chi connectivity index (χ0) is 17.3. The van der Waals surface area contributed by atoms with Crippen LogP contribution >= 0.6 is 50.7 Å². The van der Waals surface area contributed by atoms with Gasteiger partial charge in [-0.3, -0.25) is 0 Å². The Morgan fingerprint density at radius 2 is 1.79 bits per heavy atom. The fourth-order valence-electron chi connectivity index (χ4n) is 2.90. The van der Waals surface area contributed by atoms with Crippen LogP contribution in [0.4, 0.5) is 0 Å². The lowest BCUT2D eigenvalue weighted by Crippen LogP contribution is -1.99. The second-order valence-electron chi connectivity index (χ2n) is 5.66. The molecule has 0 spiro atoms. The number of H-pyrrole nitrogens is 1. The van der Waals surface area contributed by atoms with E-state index in [1.54, 1.807) is 6.07 Å². The molecule has 0 aliphatic carbocycles. The van der Waals surface area contributed by atoms with Crippen LogP contribution in [-0.2, 0) is 6.42 Å². The summed E-state index contributed by atoms with van der Waals surface area (Å²) >= 11 is 22.5. The fourth-order valence-corrected chi connectivity index (χ4v) is 4.19. The summed E-state index contributed by atoms with van der Waals surface area (Å²) in [4.78, 5) is 3.49. The van der Waals surface area contributed by atoms with E-state index in [9.17, 15) is 0 Å². The van der Waals surface area contributed by atoms with Crippen LogP contribution < -0.4 is 5.73 Å². The molecule has 6 heteroatoms. The van der Waals surface area contributed by atoms with E-state index >= 15 is 0 Å². The SMILES string of the molecule is NCCCCc1c(-c2cc(Cl)ccc2Cl)[nH]c2c(Br)cc(Cl)cc12. The average Bonchev–Trinajstić information content (AvgIpc) is 2.89. The molecule has 1 aromatic heterocycles. The van der Waals surface area contributed by atoms with Crippen LogP contribution in [0.25, 0.3) is 22.2 Å². The van der Waals surface area contributed by atoms with Gasteiger partial charge in [-0.2, -0.15) is 0 Å². The Morgan fingerprint density at radius 3 is 2.54 bits per heavy atom. The van der Waals surface area contributed by atoms with Crippen molar-refractivity contribution in [3.05, 3.63) is 55.4 Å². The molecule has 24 heavy (non-hydrogen) atoms. The molecule has 0 atom stereocenters. The van der Waals surface area contributed by atoms with E-state index in [0.29, 0.717) is 21.6 Å². The monoisotopic (exact) mass is 444 g/mol. The Balaban J connectivity index is 2.23. The van der Waals surface area contributed by atoms with Gasteiger partial charge in [0.2, 0.25) is 0 Å². The fraction of sp³-hybridized carbons (Fsp3) is 0.222. The third-order valence-corrected chi connectivity index (χ3v) is 5.42. The number of fused-ring (bicyclic) bond motifs is 1. The maximum atomic E-state index is 6.43. The highest BCUT2D eigenvalue weighted by Crippen LogP contribution is 2.39. The largest absolute Gasteiger partial charge is 0.353 e. The van der Waals surface area contributed by atoms with Gasteiger partial charge in [-0.05, 0) is 77.6 Å². The summed E-state index contributed by atoms with van der Waals surface area (Å²) in [5, 5.41) is 3.10. The number of nitrogens with two attached hydrogens (primary N) is 1. The van der Waals surface area contributed by atoms with Crippen molar-refractivity contribution in [2.45, 2.75) is 19.3 Å². The topological polar surface area (TPSA) is 41.8 Å². The highest BCUT2D eigenvalue weighted by Gasteiger charge is 2.17. The summed E-state index contributed by atoms with van der Waals surface area (Å²) in [6.45, 7) is 0.681. The van der Waals surface area contributed by atoms with Crippen molar-refractivity contribution in [2.75, 3.05) is 6.54 Å². The van der Waals surface area contributed by atoms with Gasteiger partial charge in [0.15, 0.2) is 0 Å². The minimum Gasteiger partial charge on any atom is -0.353 e. The Labute approximate surface area is 164 Å². The van der Waals surface area contributed by atoms with Gasteiger partial charge in [0, 0.05) is 30.5 Å². The standard InChI is InChI=1S/C18H16BrCl3N2/c19-15-9-11(21)8-13-12(3-1-2-6-23)17(24-18(13)15)14-7-10(20)4-5-16(14)22/h4-5,7-9,24H,1-3,6,23H2. The van der Waals surface area contributed by atoms with Crippen LogP contribution in [0.1, 0.15) is 18.4 Å². The molecule has 1 heterocycles. The first-order valence-corrected chi connectivity index (χ1v) is 9.59. The molecule has 0 fully saturated rings. The van der Waals surface area contributed by atoms with Gasteiger partial charge in [0.25, 0.3) is 0 Å². The molecule has 0 aliphatic heterocycles. The van der Waals surface area contributed by atoms with Crippen LogP contribution in [0.2, 0.25) is 15.1 Å². The van der Waals surface area contributed by atoms with Crippen molar-refractivity contribution in [3.8, 4) is 11.3 Å². The van der Waals surface area contributed by atoms with Gasteiger partial charge in [-0.25, -0.2) is 0 Å². The van der Waals surface area contributed by atoms with Crippen molar-refractivity contribution < 1.29 is 0 Å². The minimum absolute atomic E-state index is 0.651. The number of unbranched alkanes of at least 4 members (excludes halogenated alkanes) is 1. The summed E-state index contributed by atoms with van der Waals surface area (Å²) in [6.07, 6.45) is 2.86. The molecule has 0 aliphatic rings. The molecule has 0 bridgehead atoms. The Bertz CT molecular complexity index is 890. The summed E-state index contributed by atoms with van der Waals surface area (Å²) in [6, 6.07) is 9.36. The van der Waals surface area contributed by atoms with E-state index in [1.807, 2.05) is 24.3 Å². The number of benzene rings is 2. The van der Waals surface area contributed by atoms with E-state index in [4.69, 9.17) is 40.5 Å². The number of aromatic amines is 1. The average molecular weight is 447 g/mol. The number of hydrogen-bond donors (Lipinski definition) is 2. The van der Waals surface area contributed by atoms with Crippen LogP contribution in [0.5, 0.6) is 0 Å². The van der Waals surface area contributed by atoms with E-state index < -0.39 is 0 Å². The number of aryl methyl sites for hydroxylation is 1. The third kappa shape index (κ3) is 3.61. The quantitative estimate of drug-likeness (QED) is 0.414. The third-order valence-electron chi connectivity index (χ3n) is 4.01. The predicted molar refractivity (Wildman–Crippen MR) is 108 cm³/mol. The van der Waals surface area contributed by atoms with Gasteiger partial charge in [-0.1, -0.05) is 34.8 Å². The highest BCUT2D eigenvalue weighted by molar-refractivity contribution is 9.10. The zero-order valence-corrected chi connectivity index (χ0v) is 16.7. The Morgan fingerprint density at radius 1 is 1.00 bits per heavy atom. The molecule has 3 rings (SSSR count). The van der Waals surface area contributed by atoms with Gasteiger partial charge in [0.05, 0.1) is 11.2 Å². The van der Waals surface area contributed by atoms with Crippen LogP contribution in [0.15, 0.2) is 34.8 Å². The number of halogens is 4. The molecule has 0 amide bonds. The summed E-state index contributed by atoms with van der Waals surface area (Å²) < 4.78 is 0.925. The van der Waals surface area contributed by atoms with Gasteiger partial charge in [-0.15, -0.1) is 0 Å². The summed E-state index contributed by atoms with van der Waals surface area (Å²) in [5.41, 5.74) is 9.72. The van der Waals surface area contributed by atoms with Gasteiger partial charge in [0.1, 0.15) is 0 Å². The molecule has 0 radical (unpaired) electrons. The smallest absolute Gasteiger partial charge is 0.0607 e. The van der Waals surface area contributed by atoms with Crippen molar-refractivity contribution in [3.63, 3.8) is 0 Å². The zero-order valence-electron chi connectivity index (χ0n) is 12.8. The first-order chi connectivity index (χ1) is 11.5. The van der Waals surface area contributed by atoms with Crippen LogP contribution in [0.3, 0.4) is 0 Å². The normalized spacial score (nSPS) is 11.4. The molecular weight excluding hydrogens is 430 g/mol. The lowest BCUT2D eigenvalue weighted by molar-refractivity contribution is 0.748. The van der Waals surface area contributed by atoms with Crippen LogP contribution in [0, 0.1) is 0 Å². The second-order valence-corrected chi connectivity index (χ2v) is 7.79. The number of nitrogens with one attached hydrogen (secondary N) is 1. The first-order valence-electron chi connectivity index (χ1n) is 7.66. The molecule has 0 unspecified atom stereocenters. The molecule has 3 aromatic rings.